The molecule has 0 radical (unpaired) electrons. The summed E-state index contributed by atoms with van der Waals surface area (Å²) in [6, 6.07) is 9.97. The predicted molar refractivity (Wildman–Crippen MR) is 81.2 cm³/mol. The molecule has 2 aromatic carbocycles. The molecule has 0 saturated carbocycles. The Balaban J connectivity index is 2.17. The van der Waals surface area contributed by atoms with Gasteiger partial charge in [0.2, 0.25) is 0 Å². The Morgan fingerprint density at radius 2 is 1.84 bits per heavy atom. The van der Waals surface area contributed by atoms with Crippen molar-refractivity contribution in [3.8, 4) is 0 Å². The lowest BCUT2D eigenvalue weighted by Gasteiger charge is -2.13. The molecule has 0 fully saturated rings. The van der Waals surface area contributed by atoms with E-state index < -0.39 is 0 Å². The number of rotatable bonds is 3. The lowest BCUT2D eigenvalue weighted by atomic mass is 10.00. The minimum atomic E-state index is -0.285. The van der Waals surface area contributed by atoms with Crippen LogP contribution in [-0.4, -0.2) is 0 Å². The van der Waals surface area contributed by atoms with E-state index in [0.717, 1.165) is 11.1 Å². The first-order valence-electron chi connectivity index (χ1n) is 5.62. The van der Waals surface area contributed by atoms with Gasteiger partial charge in [0, 0.05) is 6.04 Å². The van der Waals surface area contributed by atoms with Crippen molar-refractivity contribution in [1.29, 1.82) is 0 Å². The first-order valence-corrected chi connectivity index (χ1v) is 7.16. The largest absolute Gasteiger partial charge is 0.324 e. The monoisotopic (exact) mass is 361 g/mol. The van der Waals surface area contributed by atoms with Crippen molar-refractivity contribution in [3.63, 3.8) is 0 Å². The van der Waals surface area contributed by atoms with E-state index in [4.69, 9.17) is 28.9 Å². The highest BCUT2D eigenvalue weighted by atomic mass is 79.9. The molecular formula is C14H11BrCl2FN. The number of nitrogens with two attached hydrogens (primary N) is 1. The standard InChI is InChI=1S/C14H11BrCl2FN/c15-10-5-8(1-4-13(10)18)6-14(19)9-2-3-11(16)12(17)7-9/h1-5,7,14H,6,19H2. The molecule has 0 spiro atoms. The van der Waals surface area contributed by atoms with Crippen LogP contribution in [0.4, 0.5) is 4.39 Å². The van der Waals surface area contributed by atoms with Crippen LogP contribution >= 0.6 is 39.1 Å². The molecule has 5 heteroatoms. The quantitative estimate of drug-likeness (QED) is 0.803. The third-order valence-electron chi connectivity index (χ3n) is 2.81. The van der Waals surface area contributed by atoms with Gasteiger partial charge < -0.3 is 5.73 Å². The second-order valence-corrected chi connectivity index (χ2v) is 5.90. The summed E-state index contributed by atoms with van der Waals surface area (Å²) in [4.78, 5) is 0. The van der Waals surface area contributed by atoms with E-state index in [1.54, 1.807) is 24.3 Å². The zero-order valence-corrected chi connectivity index (χ0v) is 12.9. The summed E-state index contributed by atoms with van der Waals surface area (Å²) in [5, 5.41) is 0.983. The van der Waals surface area contributed by atoms with Crippen molar-refractivity contribution < 1.29 is 4.39 Å². The number of benzene rings is 2. The van der Waals surface area contributed by atoms with Crippen molar-refractivity contribution in [1.82, 2.24) is 0 Å². The van der Waals surface area contributed by atoms with E-state index in [9.17, 15) is 4.39 Å². The maximum absolute atomic E-state index is 13.1. The van der Waals surface area contributed by atoms with E-state index in [1.165, 1.54) is 6.07 Å². The summed E-state index contributed by atoms with van der Waals surface area (Å²) in [6.07, 6.45) is 0.594. The molecule has 100 valence electrons. The van der Waals surface area contributed by atoms with Crippen LogP contribution in [0.2, 0.25) is 10.0 Å². The van der Waals surface area contributed by atoms with Gasteiger partial charge in [0.1, 0.15) is 5.82 Å². The summed E-state index contributed by atoms with van der Waals surface area (Å²) in [5.74, 6) is -0.285. The van der Waals surface area contributed by atoms with Crippen molar-refractivity contribution in [2.24, 2.45) is 5.73 Å². The second-order valence-electron chi connectivity index (χ2n) is 4.23. The van der Waals surface area contributed by atoms with Gasteiger partial charge in [-0.2, -0.15) is 0 Å². The van der Waals surface area contributed by atoms with Crippen molar-refractivity contribution in [2.75, 3.05) is 0 Å². The van der Waals surface area contributed by atoms with Gasteiger partial charge in [0.05, 0.1) is 14.5 Å². The fourth-order valence-electron chi connectivity index (χ4n) is 1.78. The highest BCUT2D eigenvalue weighted by Gasteiger charge is 2.10. The van der Waals surface area contributed by atoms with Crippen LogP contribution in [0.25, 0.3) is 0 Å². The fourth-order valence-corrected chi connectivity index (χ4v) is 2.51. The molecule has 1 nitrogen and oxygen atoms in total. The zero-order chi connectivity index (χ0) is 14.0. The first-order chi connectivity index (χ1) is 8.97. The van der Waals surface area contributed by atoms with Crippen LogP contribution in [0.5, 0.6) is 0 Å². The Morgan fingerprint density at radius 3 is 2.47 bits per heavy atom. The molecule has 2 N–H and O–H groups in total. The molecule has 19 heavy (non-hydrogen) atoms. The van der Waals surface area contributed by atoms with Crippen molar-refractivity contribution in [3.05, 3.63) is 67.9 Å². The van der Waals surface area contributed by atoms with Gasteiger partial charge in [0.15, 0.2) is 0 Å². The van der Waals surface area contributed by atoms with E-state index >= 15 is 0 Å². The van der Waals surface area contributed by atoms with E-state index in [-0.39, 0.29) is 11.9 Å². The van der Waals surface area contributed by atoms with Crippen molar-refractivity contribution in [2.45, 2.75) is 12.5 Å². The maximum atomic E-state index is 13.1. The summed E-state index contributed by atoms with van der Waals surface area (Å²) in [5.41, 5.74) is 7.97. The van der Waals surface area contributed by atoms with Crippen LogP contribution in [0.3, 0.4) is 0 Å². The molecule has 1 atom stereocenters. The topological polar surface area (TPSA) is 26.0 Å². The lowest BCUT2D eigenvalue weighted by Crippen LogP contribution is -2.13. The summed E-state index contributed by atoms with van der Waals surface area (Å²) < 4.78 is 13.6. The smallest absolute Gasteiger partial charge is 0.137 e. The van der Waals surface area contributed by atoms with Gasteiger partial charge in [-0.25, -0.2) is 4.39 Å². The molecule has 0 aliphatic rings. The average Bonchev–Trinajstić information content (AvgIpc) is 2.37. The molecule has 0 saturated heterocycles. The highest BCUT2D eigenvalue weighted by molar-refractivity contribution is 9.10. The zero-order valence-electron chi connectivity index (χ0n) is 9.84. The van der Waals surface area contributed by atoms with Gasteiger partial charge in [-0.1, -0.05) is 35.3 Å². The van der Waals surface area contributed by atoms with Crippen LogP contribution in [0.15, 0.2) is 40.9 Å². The Hall–Kier alpha value is -0.610. The third kappa shape index (κ3) is 3.69. The number of hydrogen-bond acceptors (Lipinski definition) is 1. The molecule has 2 rings (SSSR count). The van der Waals surface area contributed by atoms with Crippen LogP contribution in [0.1, 0.15) is 17.2 Å². The summed E-state index contributed by atoms with van der Waals surface area (Å²) in [6.45, 7) is 0. The third-order valence-corrected chi connectivity index (χ3v) is 4.16. The molecule has 2 aromatic rings. The molecule has 0 aromatic heterocycles. The maximum Gasteiger partial charge on any atom is 0.137 e. The van der Waals surface area contributed by atoms with Gasteiger partial charge in [-0.05, 0) is 57.7 Å². The van der Waals surface area contributed by atoms with Crippen LogP contribution in [0, 0.1) is 5.82 Å². The first kappa shape index (κ1) is 14.8. The highest BCUT2D eigenvalue weighted by Crippen LogP contribution is 2.27. The van der Waals surface area contributed by atoms with Crippen LogP contribution in [-0.2, 0) is 6.42 Å². The minimum Gasteiger partial charge on any atom is -0.324 e. The van der Waals surface area contributed by atoms with E-state index in [2.05, 4.69) is 15.9 Å². The number of hydrogen-bond donors (Lipinski definition) is 1. The molecule has 1 unspecified atom stereocenters. The number of halogens is 4. The second kappa shape index (κ2) is 6.23. The molecule has 0 aliphatic carbocycles. The Morgan fingerprint density at radius 1 is 1.11 bits per heavy atom. The Kier molecular flexibility index (Phi) is 4.85. The normalized spacial score (nSPS) is 12.5. The van der Waals surface area contributed by atoms with E-state index in [1.807, 2.05) is 6.07 Å². The van der Waals surface area contributed by atoms with Gasteiger partial charge in [0.25, 0.3) is 0 Å². The fraction of sp³-hybridized carbons (Fsp3) is 0.143. The Bertz CT molecular complexity index is 604. The van der Waals surface area contributed by atoms with E-state index in [0.29, 0.717) is 20.9 Å². The molecule has 0 bridgehead atoms. The van der Waals surface area contributed by atoms with Gasteiger partial charge >= 0.3 is 0 Å². The van der Waals surface area contributed by atoms with Gasteiger partial charge in [-0.3, -0.25) is 0 Å². The molecule has 0 aliphatic heterocycles. The summed E-state index contributed by atoms with van der Waals surface area (Å²) in [7, 11) is 0. The van der Waals surface area contributed by atoms with Gasteiger partial charge in [-0.15, -0.1) is 0 Å². The van der Waals surface area contributed by atoms with Crippen molar-refractivity contribution >= 4 is 39.1 Å². The average molecular weight is 363 g/mol. The molecular weight excluding hydrogens is 352 g/mol. The predicted octanol–water partition coefficient (Wildman–Crippen LogP) is 5.14. The Labute approximate surface area is 129 Å². The molecule has 0 heterocycles. The minimum absolute atomic E-state index is 0.216. The summed E-state index contributed by atoms with van der Waals surface area (Å²) >= 11 is 15.0. The SMILES string of the molecule is NC(Cc1ccc(F)c(Br)c1)c1ccc(Cl)c(Cl)c1. The lowest BCUT2D eigenvalue weighted by molar-refractivity contribution is 0.618. The van der Waals surface area contributed by atoms with Crippen LogP contribution < -0.4 is 5.73 Å². The molecule has 0 amide bonds.